The molecule has 0 saturated heterocycles. The summed E-state index contributed by atoms with van der Waals surface area (Å²) in [6.45, 7) is 3.15. The van der Waals surface area contributed by atoms with Gasteiger partial charge in [-0.25, -0.2) is 0 Å². The Bertz CT molecular complexity index is 308. The number of carbonyl (C=O) groups is 1. The molecular formula is C20H40N2OSe. The Kier molecular flexibility index (Phi) is 18.8. The fraction of sp³-hybridized carbons (Fsp3) is 0.850. The standard InChI is InChI=1S/C20H40N2OSe/c1-2-3-4-5-6-7-8-9-10-11-12-13-14-15-16-17-18-22-20(24)19(21)23/h9-10,20,22,24H,2-8,11-18H2,1H3,(H2,21,23)/b10-9-. The van der Waals surface area contributed by atoms with Gasteiger partial charge in [0.15, 0.2) is 0 Å². The van der Waals surface area contributed by atoms with Crippen molar-refractivity contribution >= 4 is 21.9 Å². The second-order valence-electron chi connectivity index (χ2n) is 6.70. The van der Waals surface area contributed by atoms with Gasteiger partial charge in [0.2, 0.25) is 0 Å². The number of amides is 1. The number of hydrogen-bond acceptors (Lipinski definition) is 2. The molecule has 0 aliphatic carbocycles. The van der Waals surface area contributed by atoms with Crippen LogP contribution < -0.4 is 11.1 Å². The molecule has 0 spiro atoms. The first-order valence-electron chi connectivity index (χ1n) is 10.0. The number of nitrogens with one attached hydrogen (secondary N) is 1. The topological polar surface area (TPSA) is 55.1 Å². The van der Waals surface area contributed by atoms with Crippen molar-refractivity contribution in [3.63, 3.8) is 0 Å². The number of nitrogens with two attached hydrogens (primary N) is 1. The van der Waals surface area contributed by atoms with Gasteiger partial charge < -0.3 is 0 Å². The second kappa shape index (κ2) is 19.0. The van der Waals surface area contributed by atoms with E-state index in [0.717, 1.165) is 13.0 Å². The van der Waals surface area contributed by atoms with Crippen LogP contribution in [0.25, 0.3) is 0 Å². The van der Waals surface area contributed by atoms with Gasteiger partial charge in [-0.2, -0.15) is 0 Å². The molecule has 0 aliphatic rings. The van der Waals surface area contributed by atoms with Gasteiger partial charge in [0.1, 0.15) is 0 Å². The van der Waals surface area contributed by atoms with Crippen LogP contribution in [0.3, 0.4) is 0 Å². The molecule has 4 heteroatoms. The van der Waals surface area contributed by atoms with Gasteiger partial charge >= 0.3 is 106 Å². The predicted octanol–water partition coefficient (Wildman–Crippen LogP) is 4.33. The van der Waals surface area contributed by atoms with Crippen molar-refractivity contribution in [2.45, 2.75) is 102 Å². The molecule has 1 amide bonds. The third-order valence-electron chi connectivity index (χ3n) is 4.30. The minimum absolute atomic E-state index is 0.263. The first-order chi connectivity index (χ1) is 11.7. The summed E-state index contributed by atoms with van der Waals surface area (Å²) in [7, 11) is 0. The average molecular weight is 404 g/mol. The number of hydrogen-bond donors (Lipinski definition) is 2. The molecule has 1 unspecified atom stereocenters. The molecule has 3 N–H and O–H groups in total. The van der Waals surface area contributed by atoms with Gasteiger partial charge in [0.25, 0.3) is 0 Å². The molecule has 0 bridgehead atoms. The van der Waals surface area contributed by atoms with Crippen LogP contribution in [0.4, 0.5) is 0 Å². The number of unbranched alkanes of at least 4 members (excludes halogenated alkanes) is 12. The summed E-state index contributed by atoms with van der Waals surface area (Å²) in [5.74, 6) is -0.292. The van der Waals surface area contributed by atoms with E-state index in [0.29, 0.717) is 0 Å². The fourth-order valence-electron chi connectivity index (χ4n) is 2.71. The van der Waals surface area contributed by atoms with Crippen LogP contribution in [-0.2, 0) is 4.79 Å². The molecule has 0 saturated carbocycles. The van der Waals surface area contributed by atoms with Gasteiger partial charge in [-0.3, -0.25) is 0 Å². The van der Waals surface area contributed by atoms with Crippen LogP contribution >= 0.6 is 0 Å². The van der Waals surface area contributed by atoms with Crippen LogP contribution in [0.1, 0.15) is 96.8 Å². The third kappa shape index (κ3) is 18.0. The molecule has 0 aliphatic heterocycles. The van der Waals surface area contributed by atoms with Crippen molar-refractivity contribution in [1.29, 1.82) is 0 Å². The van der Waals surface area contributed by atoms with Crippen LogP contribution in [0.2, 0.25) is 0 Å². The van der Waals surface area contributed by atoms with Gasteiger partial charge in [-0.05, 0) is 12.8 Å². The molecule has 24 heavy (non-hydrogen) atoms. The summed E-state index contributed by atoms with van der Waals surface area (Å²) >= 11 is 2.28. The molecule has 0 rings (SSSR count). The Hall–Kier alpha value is -0.311. The maximum absolute atomic E-state index is 10.8. The van der Waals surface area contributed by atoms with Gasteiger partial charge in [0.05, 0.1) is 0 Å². The van der Waals surface area contributed by atoms with E-state index in [1.54, 1.807) is 0 Å². The van der Waals surface area contributed by atoms with Crippen LogP contribution in [-0.4, -0.2) is 33.4 Å². The normalized spacial score (nSPS) is 12.8. The van der Waals surface area contributed by atoms with Gasteiger partial charge in [0, 0.05) is 0 Å². The van der Waals surface area contributed by atoms with E-state index < -0.39 is 0 Å². The van der Waals surface area contributed by atoms with E-state index >= 15 is 0 Å². The van der Waals surface area contributed by atoms with Crippen molar-refractivity contribution in [3.8, 4) is 0 Å². The van der Waals surface area contributed by atoms with E-state index in [2.05, 4.69) is 40.4 Å². The molecular weight excluding hydrogens is 363 g/mol. The molecule has 3 nitrogen and oxygen atoms in total. The van der Waals surface area contributed by atoms with Crippen molar-refractivity contribution in [1.82, 2.24) is 5.32 Å². The summed E-state index contributed by atoms with van der Waals surface area (Å²) in [6.07, 6.45) is 23.2. The van der Waals surface area contributed by atoms with Crippen molar-refractivity contribution in [2.24, 2.45) is 5.73 Å². The summed E-state index contributed by atoms with van der Waals surface area (Å²) < 4.78 is 0. The van der Waals surface area contributed by atoms with Gasteiger partial charge in [-0.1, -0.05) is 39.0 Å². The fourth-order valence-corrected chi connectivity index (χ4v) is 2.98. The summed E-state index contributed by atoms with van der Waals surface area (Å²) in [5.41, 5.74) is 5.19. The summed E-state index contributed by atoms with van der Waals surface area (Å²) in [6, 6.07) is 0. The summed E-state index contributed by atoms with van der Waals surface area (Å²) in [4.78, 5) is 10.6. The minimum atomic E-state index is -0.292. The van der Waals surface area contributed by atoms with E-state index in [-0.39, 0.29) is 10.8 Å². The van der Waals surface area contributed by atoms with E-state index in [1.807, 2.05) is 0 Å². The quantitative estimate of drug-likeness (QED) is 0.203. The Morgan fingerprint density at radius 3 is 1.83 bits per heavy atom. The molecule has 0 heterocycles. The monoisotopic (exact) mass is 404 g/mol. The molecule has 0 radical (unpaired) electrons. The van der Waals surface area contributed by atoms with Gasteiger partial charge in [-0.15, -0.1) is 0 Å². The zero-order valence-electron chi connectivity index (χ0n) is 15.8. The predicted molar refractivity (Wildman–Crippen MR) is 108 cm³/mol. The zero-order chi connectivity index (χ0) is 17.9. The van der Waals surface area contributed by atoms with Crippen LogP contribution in [0, 0.1) is 0 Å². The van der Waals surface area contributed by atoms with Crippen molar-refractivity contribution in [3.05, 3.63) is 12.2 Å². The van der Waals surface area contributed by atoms with E-state index in [1.165, 1.54) is 83.5 Å². The zero-order valence-corrected chi connectivity index (χ0v) is 17.6. The first kappa shape index (κ1) is 23.7. The Morgan fingerprint density at radius 2 is 1.33 bits per heavy atom. The first-order valence-corrected chi connectivity index (χ1v) is 11.1. The van der Waals surface area contributed by atoms with Crippen molar-refractivity contribution in [2.75, 3.05) is 6.54 Å². The molecule has 0 aromatic carbocycles. The molecule has 0 aromatic heterocycles. The van der Waals surface area contributed by atoms with Crippen LogP contribution in [0.5, 0.6) is 0 Å². The SMILES string of the molecule is CCCCCCCC/C=C\CCCCCCCCNC([SeH])C(N)=O. The molecule has 0 fully saturated rings. The Labute approximate surface area is 158 Å². The second-order valence-corrected chi connectivity index (χ2v) is 7.78. The average Bonchev–Trinajstić information content (AvgIpc) is 2.57. The molecule has 142 valence electrons. The van der Waals surface area contributed by atoms with E-state index in [9.17, 15) is 4.79 Å². The number of allylic oxidation sites excluding steroid dienone is 2. The number of primary amides is 1. The summed E-state index contributed by atoms with van der Waals surface area (Å²) in [5, 5.41) is 3.12. The Morgan fingerprint density at radius 1 is 0.875 bits per heavy atom. The van der Waals surface area contributed by atoms with Crippen LogP contribution in [0.15, 0.2) is 12.2 Å². The molecule has 0 aromatic rings. The number of rotatable bonds is 18. The third-order valence-corrected chi connectivity index (χ3v) is 5.21. The van der Waals surface area contributed by atoms with Crippen molar-refractivity contribution < 1.29 is 4.79 Å². The molecule has 1 atom stereocenters. The Balaban J connectivity index is 3.14. The number of carbonyl (C=O) groups excluding carboxylic acids is 1. The maximum atomic E-state index is 10.8. The van der Waals surface area contributed by atoms with E-state index in [4.69, 9.17) is 5.73 Å².